The zero-order valence-corrected chi connectivity index (χ0v) is 20.0. The van der Waals surface area contributed by atoms with E-state index in [0.717, 1.165) is 11.6 Å². The monoisotopic (exact) mass is 486 g/mol. The van der Waals surface area contributed by atoms with Crippen LogP contribution in [0.15, 0.2) is 41.7 Å². The Morgan fingerprint density at radius 1 is 0.857 bits per heavy atom. The van der Waals surface area contributed by atoms with E-state index in [1.807, 2.05) is 6.92 Å². The Balaban J connectivity index is 0.000000283. The Bertz CT molecular complexity index is 1030. The number of aliphatic hydroxyl groups is 2. The van der Waals surface area contributed by atoms with Gasteiger partial charge in [-0.25, -0.2) is 0 Å². The van der Waals surface area contributed by atoms with Crippen molar-refractivity contribution in [3.63, 3.8) is 0 Å². The van der Waals surface area contributed by atoms with Gasteiger partial charge in [-0.2, -0.15) is 0 Å². The lowest BCUT2D eigenvalue weighted by molar-refractivity contribution is -0.151. The van der Waals surface area contributed by atoms with Crippen LogP contribution >= 0.6 is 0 Å². The third-order valence-electron chi connectivity index (χ3n) is 5.45. The van der Waals surface area contributed by atoms with Crippen LogP contribution in [0.2, 0.25) is 0 Å². The molecule has 2 N–H and O–H groups in total. The van der Waals surface area contributed by atoms with Gasteiger partial charge in [-0.1, -0.05) is 29.8 Å². The van der Waals surface area contributed by atoms with Gasteiger partial charge in [0.2, 0.25) is 0 Å². The fraction of sp³-hybridized carbons (Fsp3) is 0.423. The molecule has 2 aliphatic carbocycles. The van der Waals surface area contributed by atoms with Crippen LogP contribution in [-0.4, -0.2) is 52.7 Å². The maximum absolute atomic E-state index is 12.2. The predicted molar refractivity (Wildman–Crippen MR) is 125 cm³/mol. The van der Waals surface area contributed by atoms with Gasteiger partial charge >= 0.3 is 11.9 Å². The topological polar surface area (TPSA) is 144 Å². The van der Waals surface area contributed by atoms with E-state index in [-0.39, 0.29) is 55.2 Å². The van der Waals surface area contributed by atoms with Gasteiger partial charge in [0.25, 0.3) is 0 Å². The molecule has 0 aromatic heterocycles. The molecule has 0 radical (unpaired) electrons. The number of aryl methyl sites for hydroxylation is 1. The van der Waals surface area contributed by atoms with E-state index in [9.17, 15) is 29.1 Å². The molecule has 1 saturated carbocycles. The third kappa shape index (κ3) is 7.63. The Morgan fingerprint density at radius 2 is 1.34 bits per heavy atom. The van der Waals surface area contributed by atoms with Crippen molar-refractivity contribution in [2.45, 2.75) is 46.5 Å². The summed E-state index contributed by atoms with van der Waals surface area (Å²) in [6.07, 6.45) is 1.29. The first kappa shape index (κ1) is 27.5. The standard InChI is InChI=1S/C17H18O5.C9H12O4/c1-3-22-17(21)12-8-13(18)15(14(19)9-12)16(20)11-6-4-10(2)5-7-11;1-2-13-9(12)6-3-7(10)5-8(11)4-6/h4-7,12,20H,3,8-9H2,1-2H3;5-6,10H,2-4H2,1H3. The average molecular weight is 487 g/mol. The minimum absolute atomic E-state index is 0.0331. The van der Waals surface area contributed by atoms with Gasteiger partial charge < -0.3 is 19.7 Å². The summed E-state index contributed by atoms with van der Waals surface area (Å²) in [7, 11) is 0. The van der Waals surface area contributed by atoms with Crippen LogP contribution in [-0.2, 0) is 33.4 Å². The zero-order chi connectivity index (χ0) is 26.1. The van der Waals surface area contributed by atoms with Crippen molar-refractivity contribution in [3.8, 4) is 0 Å². The molecule has 0 spiro atoms. The second-order valence-corrected chi connectivity index (χ2v) is 8.25. The number of carbonyl (C=O) groups excluding carboxylic acids is 5. The Hall–Kier alpha value is -3.75. The lowest BCUT2D eigenvalue weighted by Crippen LogP contribution is -2.32. The van der Waals surface area contributed by atoms with Crippen molar-refractivity contribution in [1.82, 2.24) is 0 Å². The molecule has 35 heavy (non-hydrogen) atoms. The van der Waals surface area contributed by atoms with Gasteiger partial charge in [0.15, 0.2) is 17.3 Å². The molecule has 0 bridgehead atoms. The maximum Gasteiger partial charge on any atom is 0.309 e. The van der Waals surface area contributed by atoms with Crippen LogP contribution < -0.4 is 0 Å². The SMILES string of the molecule is CCOC(=O)C1CC(=O)C(=C(O)c2ccc(C)cc2)C(=O)C1.CCOC(=O)C1CC(=O)C=C(O)C1. The number of rotatable bonds is 5. The summed E-state index contributed by atoms with van der Waals surface area (Å²) in [5.74, 6) is -3.83. The molecule has 188 valence electrons. The van der Waals surface area contributed by atoms with Crippen LogP contribution in [0.1, 0.15) is 50.7 Å². The van der Waals surface area contributed by atoms with Crippen molar-refractivity contribution in [3.05, 3.63) is 52.8 Å². The molecule has 1 fully saturated rings. The molecular formula is C26H30O9. The summed E-state index contributed by atoms with van der Waals surface area (Å²) in [6, 6.07) is 6.86. The van der Waals surface area contributed by atoms with Gasteiger partial charge in [-0.15, -0.1) is 0 Å². The van der Waals surface area contributed by atoms with Gasteiger partial charge in [0.05, 0.1) is 30.8 Å². The first-order chi connectivity index (χ1) is 16.6. The van der Waals surface area contributed by atoms with E-state index in [0.29, 0.717) is 12.2 Å². The molecule has 9 heteroatoms. The van der Waals surface area contributed by atoms with Crippen LogP contribution in [0.3, 0.4) is 0 Å². The fourth-order valence-corrected chi connectivity index (χ4v) is 3.72. The number of esters is 2. The first-order valence-corrected chi connectivity index (χ1v) is 11.4. The average Bonchev–Trinajstić information content (AvgIpc) is 2.79. The number of benzene rings is 1. The van der Waals surface area contributed by atoms with E-state index in [2.05, 4.69) is 0 Å². The van der Waals surface area contributed by atoms with E-state index in [4.69, 9.17) is 14.6 Å². The smallest absolute Gasteiger partial charge is 0.309 e. The lowest BCUT2D eigenvalue weighted by Gasteiger charge is -2.21. The number of aliphatic hydroxyl groups excluding tert-OH is 2. The molecule has 0 aliphatic heterocycles. The second-order valence-electron chi connectivity index (χ2n) is 8.25. The molecule has 1 atom stereocenters. The van der Waals surface area contributed by atoms with Crippen LogP contribution in [0.5, 0.6) is 0 Å². The summed E-state index contributed by atoms with van der Waals surface area (Å²) in [4.78, 5) is 58.1. The van der Waals surface area contributed by atoms with Gasteiger partial charge in [0.1, 0.15) is 11.3 Å². The number of Topliss-reactive ketones (excluding diaryl/α,β-unsaturated/α-hetero) is 2. The molecule has 1 aromatic rings. The number of ketones is 3. The van der Waals surface area contributed by atoms with Crippen molar-refractivity contribution in [1.29, 1.82) is 0 Å². The normalized spacial score (nSPS) is 19.8. The Labute approximate surface area is 203 Å². The molecule has 9 nitrogen and oxygen atoms in total. The summed E-state index contributed by atoms with van der Waals surface area (Å²) in [6.45, 7) is 5.77. The number of hydrogen-bond acceptors (Lipinski definition) is 9. The van der Waals surface area contributed by atoms with E-state index >= 15 is 0 Å². The van der Waals surface area contributed by atoms with E-state index in [1.54, 1.807) is 38.1 Å². The summed E-state index contributed by atoms with van der Waals surface area (Å²) >= 11 is 0. The van der Waals surface area contributed by atoms with Crippen LogP contribution in [0.4, 0.5) is 0 Å². The largest absolute Gasteiger partial charge is 0.512 e. The van der Waals surface area contributed by atoms with E-state index < -0.39 is 35.3 Å². The van der Waals surface area contributed by atoms with Crippen LogP contribution in [0, 0.1) is 18.8 Å². The first-order valence-electron chi connectivity index (χ1n) is 11.4. The summed E-state index contributed by atoms with van der Waals surface area (Å²) < 4.78 is 9.60. The predicted octanol–water partition coefficient (Wildman–Crippen LogP) is 3.35. The molecule has 1 aromatic carbocycles. The molecular weight excluding hydrogens is 456 g/mol. The van der Waals surface area contributed by atoms with Crippen LogP contribution in [0.25, 0.3) is 5.76 Å². The minimum Gasteiger partial charge on any atom is -0.512 e. The molecule has 1 unspecified atom stereocenters. The Morgan fingerprint density at radius 3 is 1.80 bits per heavy atom. The van der Waals surface area contributed by atoms with Gasteiger partial charge in [-0.3, -0.25) is 24.0 Å². The van der Waals surface area contributed by atoms with Crippen molar-refractivity contribution >= 4 is 35.0 Å². The van der Waals surface area contributed by atoms with Crippen molar-refractivity contribution in [2.75, 3.05) is 13.2 Å². The number of ether oxygens (including phenoxy) is 2. The third-order valence-corrected chi connectivity index (χ3v) is 5.45. The highest BCUT2D eigenvalue weighted by Gasteiger charge is 2.37. The molecule has 0 heterocycles. The van der Waals surface area contributed by atoms with E-state index in [1.165, 1.54) is 0 Å². The lowest BCUT2D eigenvalue weighted by atomic mass is 9.82. The number of allylic oxidation sites excluding steroid dienone is 3. The molecule has 0 saturated heterocycles. The fourth-order valence-electron chi connectivity index (χ4n) is 3.72. The van der Waals surface area contributed by atoms with Gasteiger partial charge in [-0.05, 0) is 20.8 Å². The minimum atomic E-state index is -0.755. The highest BCUT2D eigenvalue weighted by Crippen LogP contribution is 2.29. The quantitative estimate of drug-likeness (QED) is 0.277. The van der Waals surface area contributed by atoms with Crippen molar-refractivity contribution < 1.29 is 43.7 Å². The molecule has 2 aliphatic rings. The highest BCUT2D eigenvalue weighted by molar-refractivity contribution is 6.27. The summed E-state index contributed by atoms with van der Waals surface area (Å²) in [5.41, 5.74) is 1.20. The van der Waals surface area contributed by atoms with Crippen molar-refractivity contribution in [2.24, 2.45) is 11.8 Å². The highest BCUT2D eigenvalue weighted by atomic mass is 16.5. The number of hydrogen-bond donors (Lipinski definition) is 2. The maximum atomic E-state index is 12.2. The van der Waals surface area contributed by atoms with Gasteiger partial charge in [0, 0.05) is 37.3 Å². The number of carbonyl (C=O) groups is 5. The second kappa shape index (κ2) is 12.6. The molecule has 3 rings (SSSR count). The Kier molecular flexibility index (Phi) is 9.93. The zero-order valence-electron chi connectivity index (χ0n) is 20.0. The molecule has 0 amide bonds. The summed E-state index contributed by atoms with van der Waals surface area (Å²) in [5, 5.41) is 19.3.